The topological polar surface area (TPSA) is 12.0 Å². The molecule has 1 fully saturated rings. The minimum Gasteiger partial charge on any atom is -0.310 e. The van der Waals surface area contributed by atoms with Crippen molar-refractivity contribution in [3.05, 3.63) is 34.3 Å². The summed E-state index contributed by atoms with van der Waals surface area (Å²) in [6.07, 6.45) is 8.29. The fourth-order valence-electron chi connectivity index (χ4n) is 2.89. The number of halogens is 1. The molecule has 1 N–H and O–H groups in total. The van der Waals surface area contributed by atoms with Crippen LogP contribution in [0.15, 0.2) is 28.7 Å². The minimum absolute atomic E-state index is 0.716. The Morgan fingerprint density at radius 2 is 2.00 bits per heavy atom. The Morgan fingerprint density at radius 1 is 1.17 bits per heavy atom. The van der Waals surface area contributed by atoms with Gasteiger partial charge in [-0.1, -0.05) is 60.3 Å². The van der Waals surface area contributed by atoms with E-state index < -0.39 is 0 Å². The van der Waals surface area contributed by atoms with Crippen LogP contribution in [0.3, 0.4) is 0 Å². The first kappa shape index (κ1) is 14.1. The van der Waals surface area contributed by atoms with Crippen molar-refractivity contribution in [3.8, 4) is 0 Å². The molecule has 1 saturated carbocycles. The molecule has 1 aromatic carbocycles. The number of hydrogen-bond acceptors (Lipinski definition) is 1. The zero-order valence-electron chi connectivity index (χ0n) is 11.3. The number of hydrogen-bond donors (Lipinski definition) is 1. The average molecular weight is 310 g/mol. The molecule has 1 aliphatic carbocycles. The maximum absolute atomic E-state index is 3.73. The van der Waals surface area contributed by atoms with E-state index in [2.05, 4.69) is 52.4 Å². The molecule has 2 unspecified atom stereocenters. The molecule has 100 valence electrons. The normalized spacial score (nSPS) is 24.8. The van der Waals surface area contributed by atoms with Crippen molar-refractivity contribution in [3.63, 3.8) is 0 Å². The molecule has 2 heteroatoms. The average Bonchev–Trinajstić information content (AvgIpc) is 2.63. The predicted octanol–water partition coefficient (Wildman–Crippen LogP) is 4.90. The summed E-state index contributed by atoms with van der Waals surface area (Å²) in [6, 6.07) is 9.22. The van der Waals surface area contributed by atoms with Gasteiger partial charge in [-0.2, -0.15) is 0 Å². The maximum atomic E-state index is 3.73. The zero-order chi connectivity index (χ0) is 12.8. The van der Waals surface area contributed by atoms with Crippen molar-refractivity contribution in [1.29, 1.82) is 0 Å². The van der Waals surface area contributed by atoms with Gasteiger partial charge < -0.3 is 5.32 Å². The molecule has 0 saturated heterocycles. The summed E-state index contributed by atoms with van der Waals surface area (Å²) >= 11 is 3.62. The molecule has 2 atom stereocenters. The third kappa shape index (κ3) is 4.10. The monoisotopic (exact) mass is 309 g/mol. The molecule has 0 aromatic heterocycles. The molecule has 0 amide bonds. The van der Waals surface area contributed by atoms with E-state index in [1.807, 2.05) is 0 Å². The van der Waals surface area contributed by atoms with Gasteiger partial charge in [0.05, 0.1) is 0 Å². The van der Waals surface area contributed by atoms with Crippen LogP contribution in [0.4, 0.5) is 0 Å². The van der Waals surface area contributed by atoms with E-state index in [-0.39, 0.29) is 0 Å². The van der Waals surface area contributed by atoms with Gasteiger partial charge in [0.2, 0.25) is 0 Å². The van der Waals surface area contributed by atoms with E-state index in [4.69, 9.17) is 0 Å². The van der Waals surface area contributed by atoms with E-state index in [9.17, 15) is 0 Å². The number of rotatable bonds is 4. The molecule has 0 aliphatic heterocycles. The molecule has 0 heterocycles. The molecule has 2 rings (SSSR count). The highest BCUT2D eigenvalue weighted by atomic mass is 79.9. The molecule has 0 bridgehead atoms. The van der Waals surface area contributed by atoms with Crippen LogP contribution >= 0.6 is 15.9 Å². The summed E-state index contributed by atoms with van der Waals surface area (Å²) in [5.74, 6) is 0.972. The van der Waals surface area contributed by atoms with Crippen molar-refractivity contribution in [2.75, 3.05) is 0 Å². The van der Waals surface area contributed by atoms with Gasteiger partial charge in [0.1, 0.15) is 0 Å². The Kier molecular flexibility index (Phi) is 5.71. The van der Waals surface area contributed by atoms with Gasteiger partial charge in [-0.05, 0) is 36.8 Å². The molecular formula is C16H24BrN. The predicted molar refractivity (Wildman–Crippen MR) is 81.6 cm³/mol. The molecule has 0 spiro atoms. The summed E-state index contributed by atoms with van der Waals surface area (Å²) in [5, 5.41) is 3.73. The van der Waals surface area contributed by atoms with Gasteiger partial charge in [0, 0.05) is 17.1 Å². The third-order valence-electron chi connectivity index (χ3n) is 4.20. The second-order valence-electron chi connectivity index (χ2n) is 5.45. The van der Waals surface area contributed by atoms with E-state index in [1.165, 1.54) is 48.6 Å². The van der Waals surface area contributed by atoms with Crippen LogP contribution in [0.5, 0.6) is 0 Å². The van der Waals surface area contributed by atoms with Crippen molar-refractivity contribution in [1.82, 2.24) is 5.32 Å². The van der Waals surface area contributed by atoms with Crippen molar-refractivity contribution >= 4 is 15.9 Å². The van der Waals surface area contributed by atoms with Gasteiger partial charge in [-0.15, -0.1) is 0 Å². The Hall–Kier alpha value is -0.340. The standard InChI is InChI=1S/C16H24BrN/c1-2-13-6-5-8-15(11-10-13)18-12-14-7-3-4-9-16(14)17/h3-4,7,9,13,15,18H,2,5-6,8,10-12H2,1H3. The highest BCUT2D eigenvalue weighted by Crippen LogP contribution is 2.26. The molecule has 1 aliphatic rings. The highest BCUT2D eigenvalue weighted by molar-refractivity contribution is 9.10. The summed E-state index contributed by atoms with van der Waals surface area (Å²) in [4.78, 5) is 0. The van der Waals surface area contributed by atoms with E-state index in [1.54, 1.807) is 0 Å². The quantitative estimate of drug-likeness (QED) is 0.780. The SMILES string of the molecule is CCC1CCCC(NCc2ccccc2Br)CC1. The van der Waals surface area contributed by atoms with Gasteiger partial charge in [0.15, 0.2) is 0 Å². The molecule has 1 nitrogen and oxygen atoms in total. The second-order valence-corrected chi connectivity index (χ2v) is 6.31. The van der Waals surface area contributed by atoms with E-state index >= 15 is 0 Å². The lowest BCUT2D eigenvalue weighted by molar-refractivity contribution is 0.425. The second kappa shape index (κ2) is 7.30. The molecular weight excluding hydrogens is 286 g/mol. The zero-order valence-corrected chi connectivity index (χ0v) is 12.9. The largest absolute Gasteiger partial charge is 0.310 e. The van der Waals surface area contributed by atoms with Crippen LogP contribution in [0.25, 0.3) is 0 Å². The van der Waals surface area contributed by atoms with Crippen LogP contribution in [-0.2, 0) is 6.54 Å². The van der Waals surface area contributed by atoms with Gasteiger partial charge in [0.25, 0.3) is 0 Å². The Bertz CT molecular complexity index is 364. The lowest BCUT2D eigenvalue weighted by atomic mass is 9.98. The van der Waals surface area contributed by atoms with Crippen LogP contribution in [0.2, 0.25) is 0 Å². The Balaban J connectivity index is 1.82. The first-order valence-electron chi connectivity index (χ1n) is 7.26. The summed E-state index contributed by atoms with van der Waals surface area (Å²) < 4.78 is 1.22. The summed E-state index contributed by atoms with van der Waals surface area (Å²) in [7, 11) is 0. The van der Waals surface area contributed by atoms with Crippen LogP contribution < -0.4 is 5.32 Å². The van der Waals surface area contributed by atoms with Crippen molar-refractivity contribution in [2.45, 2.75) is 58.0 Å². The van der Waals surface area contributed by atoms with E-state index in [0.29, 0.717) is 6.04 Å². The summed E-state index contributed by atoms with van der Waals surface area (Å²) in [5.41, 5.74) is 1.37. The number of benzene rings is 1. The van der Waals surface area contributed by atoms with Crippen LogP contribution in [0.1, 0.15) is 51.0 Å². The fourth-order valence-corrected chi connectivity index (χ4v) is 3.31. The number of nitrogens with one attached hydrogen (secondary N) is 1. The first-order chi connectivity index (χ1) is 8.79. The molecule has 1 aromatic rings. The lowest BCUT2D eigenvalue weighted by Gasteiger charge is -2.17. The molecule has 0 radical (unpaired) electrons. The van der Waals surface area contributed by atoms with Crippen molar-refractivity contribution in [2.24, 2.45) is 5.92 Å². The summed E-state index contributed by atoms with van der Waals surface area (Å²) in [6.45, 7) is 3.32. The van der Waals surface area contributed by atoms with E-state index in [0.717, 1.165) is 12.5 Å². The van der Waals surface area contributed by atoms with Gasteiger partial charge in [-0.25, -0.2) is 0 Å². The lowest BCUT2D eigenvalue weighted by Crippen LogP contribution is -2.28. The highest BCUT2D eigenvalue weighted by Gasteiger charge is 2.17. The van der Waals surface area contributed by atoms with Crippen LogP contribution in [-0.4, -0.2) is 6.04 Å². The Labute approximate surface area is 119 Å². The fraction of sp³-hybridized carbons (Fsp3) is 0.625. The minimum atomic E-state index is 0.716. The smallest absolute Gasteiger partial charge is 0.0220 e. The van der Waals surface area contributed by atoms with Crippen LogP contribution in [0, 0.1) is 5.92 Å². The molecule has 18 heavy (non-hydrogen) atoms. The first-order valence-corrected chi connectivity index (χ1v) is 8.05. The van der Waals surface area contributed by atoms with Crippen molar-refractivity contribution < 1.29 is 0 Å². The van der Waals surface area contributed by atoms with Gasteiger partial charge >= 0.3 is 0 Å². The Morgan fingerprint density at radius 3 is 2.78 bits per heavy atom. The maximum Gasteiger partial charge on any atom is 0.0220 e. The third-order valence-corrected chi connectivity index (χ3v) is 4.98. The van der Waals surface area contributed by atoms with Gasteiger partial charge in [-0.3, -0.25) is 0 Å².